The van der Waals surface area contributed by atoms with Crippen LogP contribution < -0.4 is 5.43 Å². The number of aliphatic hydroxyl groups is 1. The Morgan fingerprint density at radius 2 is 2.46 bits per heavy atom. The molecule has 0 radical (unpaired) electrons. The SMILES string of the molecule is CN1CC([N+](=O)NCCO)CC1=O. The second kappa shape index (κ2) is 4.18. The van der Waals surface area contributed by atoms with Crippen LogP contribution in [-0.2, 0) is 4.79 Å². The van der Waals surface area contributed by atoms with Crippen LogP contribution in [0.5, 0.6) is 0 Å². The Bertz CT molecular complexity index is 219. The van der Waals surface area contributed by atoms with Crippen molar-refractivity contribution in [3.05, 3.63) is 4.91 Å². The van der Waals surface area contributed by atoms with Crippen molar-refractivity contribution >= 4 is 5.91 Å². The van der Waals surface area contributed by atoms with Crippen LogP contribution in [0.3, 0.4) is 0 Å². The molecule has 6 nitrogen and oxygen atoms in total. The number of aliphatic hydroxyl groups excluding tert-OH is 1. The molecule has 6 heteroatoms. The number of likely N-dealkylation sites (tertiary alicyclic amines) is 1. The number of amides is 1. The molecule has 1 fully saturated rings. The number of rotatable bonds is 4. The van der Waals surface area contributed by atoms with E-state index in [9.17, 15) is 9.70 Å². The molecule has 0 aromatic heterocycles. The Labute approximate surface area is 76.1 Å². The Balaban J connectivity index is 2.37. The molecule has 1 atom stereocenters. The van der Waals surface area contributed by atoms with E-state index in [0.717, 1.165) is 0 Å². The lowest BCUT2D eigenvalue weighted by molar-refractivity contribution is -0.637. The van der Waals surface area contributed by atoms with Crippen molar-refractivity contribution in [2.45, 2.75) is 12.5 Å². The predicted octanol–water partition coefficient (Wildman–Crippen LogP) is -1.51. The van der Waals surface area contributed by atoms with Crippen LogP contribution in [-0.4, -0.2) is 53.6 Å². The van der Waals surface area contributed by atoms with Crippen LogP contribution in [0.4, 0.5) is 0 Å². The van der Waals surface area contributed by atoms with Crippen LogP contribution in [0.1, 0.15) is 6.42 Å². The second-order valence-electron chi connectivity index (χ2n) is 3.09. The molecule has 0 aromatic rings. The Morgan fingerprint density at radius 3 is 2.92 bits per heavy atom. The van der Waals surface area contributed by atoms with Crippen molar-refractivity contribution in [3.8, 4) is 0 Å². The van der Waals surface area contributed by atoms with Gasteiger partial charge in [-0.15, -0.1) is 0 Å². The van der Waals surface area contributed by atoms with Crippen LogP contribution in [0.2, 0.25) is 0 Å². The molecule has 2 N–H and O–H groups in total. The Kier molecular flexibility index (Phi) is 3.18. The Hall–Kier alpha value is -1.17. The van der Waals surface area contributed by atoms with Gasteiger partial charge in [-0.05, 0) is 0 Å². The first kappa shape index (κ1) is 9.91. The molecule has 0 aromatic carbocycles. The van der Waals surface area contributed by atoms with Crippen LogP contribution in [0.25, 0.3) is 0 Å². The smallest absolute Gasteiger partial charge is 0.260 e. The maximum Gasteiger partial charge on any atom is 0.260 e. The lowest BCUT2D eigenvalue weighted by Gasteiger charge is -2.04. The zero-order chi connectivity index (χ0) is 9.84. The van der Waals surface area contributed by atoms with Gasteiger partial charge in [0, 0.05) is 7.05 Å². The van der Waals surface area contributed by atoms with E-state index in [2.05, 4.69) is 5.43 Å². The number of hydrazine groups is 1. The van der Waals surface area contributed by atoms with Crippen molar-refractivity contribution in [1.29, 1.82) is 0 Å². The fourth-order valence-electron chi connectivity index (χ4n) is 1.29. The van der Waals surface area contributed by atoms with E-state index in [1.165, 1.54) is 4.90 Å². The molecule has 0 bridgehead atoms. The van der Waals surface area contributed by atoms with Crippen molar-refractivity contribution in [1.82, 2.24) is 10.3 Å². The maximum atomic E-state index is 11.2. The molecule has 0 saturated carbocycles. The number of nitrogens with one attached hydrogen (secondary N) is 1. The Morgan fingerprint density at radius 1 is 1.77 bits per heavy atom. The third-order valence-electron chi connectivity index (χ3n) is 2.03. The number of nitrogens with zero attached hydrogens (tertiary/aromatic N) is 2. The highest BCUT2D eigenvalue weighted by atomic mass is 16.3. The summed E-state index contributed by atoms with van der Waals surface area (Å²) in [6.07, 6.45) is 0.248. The average Bonchev–Trinajstić information content (AvgIpc) is 2.43. The molecular weight excluding hydrogens is 174 g/mol. The fourth-order valence-corrected chi connectivity index (χ4v) is 1.29. The lowest BCUT2D eigenvalue weighted by atomic mass is 10.3. The van der Waals surface area contributed by atoms with Crippen LogP contribution in [0, 0.1) is 4.91 Å². The van der Waals surface area contributed by atoms with E-state index in [-0.39, 0.29) is 31.5 Å². The van der Waals surface area contributed by atoms with Gasteiger partial charge in [0.05, 0.1) is 31.0 Å². The monoisotopic (exact) mass is 188 g/mol. The molecule has 1 unspecified atom stereocenters. The molecule has 1 aliphatic rings. The summed E-state index contributed by atoms with van der Waals surface area (Å²) in [5.74, 6) is -0.0170. The zero-order valence-corrected chi connectivity index (χ0v) is 7.56. The zero-order valence-electron chi connectivity index (χ0n) is 7.56. The summed E-state index contributed by atoms with van der Waals surface area (Å²) in [5.41, 5.74) is 2.46. The van der Waals surface area contributed by atoms with Gasteiger partial charge < -0.3 is 10.0 Å². The predicted molar refractivity (Wildman–Crippen MR) is 44.8 cm³/mol. The molecular formula is C7H14N3O3+. The minimum atomic E-state index is -0.330. The van der Waals surface area contributed by atoms with Crippen molar-refractivity contribution < 1.29 is 14.8 Å². The minimum absolute atomic E-state index is 0.0170. The normalized spacial score (nSPS) is 22.2. The molecule has 13 heavy (non-hydrogen) atoms. The highest BCUT2D eigenvalue weighted by Crippen LogP contribution is 2.10. The molecule has 1 aliphatic heterocycles. The van der Waals surface area contributed by atoms with E-state index in [0.29, 0.717) is 11.4 Å². The van der Waals surface area contributed by atoms with Gasteiger partial charge in [-0.1, -0.05) is 0 Å². The summed E-state index contributed by atoms with van der Waals surface area (Å²) >= 11 is 0. The number of carbonyl (C=O) groups is 1. The maximum absolute atomic E-state index is 11.2. The summed E-state index contributed by atoms with van der Waals surface area (Å²) in [4.78, 5) is 24.4. The largest absolute Gasteiger partial charge is 0.394 e. The number of hydrogen-bond donors (Lipinski definition) is 2. The van der Waals surface area contributed by atoms with E-state index >= 15 is 0 Å². The van der Waals surface area contributed by atoms with Gasteiger partial charge in [-0.2, -0.15) is 5.43 Å². The first-order valence-electron chi connectivity index (χ1n) is 4.20. The highest BCUT2D eigenvalue weighted by molar-refractivity contribution is 5.78. The quantitative estimate of drug-likeness (QED) is 0.415. The van der Waals surface area contributed by atoms with E-state index in [4.69, 9.17) is 5.11 Å². The van der Waals surface area contributed by atoms with Crippen molar-refractivity contribution in [2.24, 2.45) is 0 Å². The van der Waals surface area contributed by atoms with E-state index in [1.54, 1.807) is 7.05 Å². The van der Waals surface area contributed by atoms with Gasteiger partial charge >= 0.3 is 0 Å². The van der Waals surface area contributed by atoms with E-state index in [1.807, 2.05) is 0 Å². The van der Waals surface area contributed by atoms with Gasteiger partial charge in [0.25, 0.3) is 6.04 Å². The fraction of sp³-hybridized carbons (Fsp3) is 0.857. The average molecular weight is 188 g/mol. The molecule has 1 heterocycles. The first-order chi connectivity index (χ1) is 6.15. The second-order valence-corrected chi connectivity index (χ2v) is 3.09. The standard InChI is InChI=1S/C7H14N3O3/c1-9-5-6(4-7(9)12)10(13)8-2-3-11/h6,11H,2-5H2,1H3,(H,8,13)/q+1. The lowest BCUT2D eigenvalue weighted by Crippen LogP contribution is -2.38. The number of hydrogen-bond acceptors (Lipinski definition) is 3. The van der Waals surface area contributed by atoms with E-state index < -0.39 is 0 Å². The van der Waals surface area contributed by atoms with Crippen LogP contribution in [0.15, 0.2) is 0 Å². The first-order valence-corrected chi connectivity index (χ1v) is 4.20. The topological polar surface area (TPSA) is 72.7 Å². The summed E-state index contributed by atoms with van der Waals surface area (Å²) in [6, 6.07) is -0.330. The number of likely N-dealkylation sites (N-methyl/N-ethyl adjacent to an activating group) is 1. The number of nitroso groups, excluding NO2 is 1. The summed E-state index contributed by atoms with van der Waals surface area (Å²) in [7, 11) is 1.67. The molecule has 1 rings (SSSR count). The van der Waals surface area contributed by atoms with Gasteiger partial charge in [0.1, 0.15) is 4.87 Å². The number of carbonyl (C=O) groups excluding carboxylic acids is 1. The molecule has 74 valence electrons. The molecule has 0 spiro atoms. The van der Waals surface area contributed by atoms with Gasteiger partial charge in [0.2, 0.25) is 5.91 Å². The highest BCUT2D eigenvalue weighted by Gasteiger charge is 2.38. The summed E-state index contributed by atoms with van der Waals surface area (Å²) in [6.45, 7) is 0.577. The van der Waals surface area contributed by atoms with Crippen molar-refractivity contribution in [3.63, 3.8) is 0 Å². The minimum Gasteiger partial charge on any atom is -0.394 e. The third kappa shape index (κ3) is 2.38. The molecule has 1 saturated heterocycles. The van der Waals surface area contributed by atoms with Gasteiger partial charge in [0.15, 0.2) is 0 Å². The van der Waals surface area contributed by atoms with Crippen molar-refractivity contribution in [2.75, 3.05) is 26.7 Å². The summed E-state index contributed by atoms with van der Waals surface area (Å²) < 4.78 is 0. The van der Waals surface area contributed by atoms with Crippen LogP contribution >= 0.6 is 0 Å². The molecule has 1 amide bonds. The third-order valence-corrected chi connectivity index (χ3v) is 2.03. The molecule has 0 aliphatic carbocycles. The van der Waals surface area contributed by atoms with Gasteiger partial charge in [-0.25, -0.2) is 0 Å². The van der Waals surface area contributed by atoms with Gasteiger partial charge in [-0.3, -0.25) is 4.79 Å². The summed E-state index contributed by atoms with van der Waals surface area (Å²) in [5, 5.41) is 8.46.